The topological polar surface area (TPSA) is 69.7 Å². The van der Waals surface area contributed by atoms with Crippen molar-refractivity contribution in [2.75, 3.05) is 43.0 Å². The standard InChI is InChI=1S/C23H31N3O3S3/c1-18-19(17-25-12-14-30-15-13-25)6-5-7-21(18)24-22(27)16-20-8-9-23(31-20)32(28,29)26-10-3-2-4-11-26/h5-9H,2-4,10-17H2,1H3,(H,24,27). The van der Waals surface area contributed by atoms with E-state index >= 15 is 0 Å². The summed E-state index contributed by atoms with van der Waals surface area (Å²) >= 11 is 3.20. The third-order valence-electron chi connectivity index (χ3n) is 6.10. The average molecular weight is 494 g/mol. The number of rotatable bonds is 7. The van der Waals surface area contributed by atoms with E-state index < -0.39 is 10.0 Å². The third kappa shape index (κ3) is 5.75. The van der Waals surface area contributed by atoms with Crippen molar-refractivity contribution in [1.82, 2.24) is 9.21 Å². The number of nitrogens with one attached hydrogen (secondary N) is 1. The van der Waals surface area contributed by atoms with Crippen LogP contribution in [0.5, 0.6) is 0 Å². The van der Waals surface area contributed by atoms with Crippen LogP contribution in [0.2, 0.25) is 0 Å². The van der Waals surface area contributed by atoms with E-state index in [1.54, 1.807) is 16.4 Å². The minimum Gasteiger partial charge on any atom is -0.326 e. The lowest BCUT2D eigenvalue weighted by Crippen LogP contribution is -2.35. The Morgan fingerprint density at radius 1 is 1.03 bits per heavy atom. The molecule has 2 aromatic rings. The summed E-state index contributed by atoms with van der Waals surface area (Å²) in [6, 6.07) is 9.46. The number of amides is 1. The molecule has 1 amide bonds. The SMILES string of the molecule is Cc1c(CN2CCSCC2)cccc1NC(=O)Cc1ccc(S(=O)(=O)N2CCCCC2)s1. The number of nitrogens with zero attached hydrogens (tertiary/aromatic N) is 2. The second kappa shape index (κ2) is 10.7. The van der Waals surface area contributed by atoms with Gasteiger partial charge in [0.1, 0.15) is 4.21 Å². The highest BCUT2D eigenvalue weighted by molar-refractivity contribution is 7.99. The summed E-state index contributed by atoms with van der Waals surface area (Å²) in [4.78, 5) is 15.9. The Labute approximate surface area is 199 Å². The van der Waals surface area contributed by atoms with Gasteiger partial charge < -0.3 is 5.32 Å². The molecule has 0 saturated carbocycles. The van der Waals surface area contributed by atoms with Gasteiger partial charge in [-0.15, -0.1) is 11.3 Å². The predicted molar refractivity (Wildman–Crippen MR) is 133 cm³/mol. The molecule has 6 nitrogen and oxygen atoms in total. The number of hydrogen-bond donors (Lipinski definition) is 1. The van der Waals surface area contributed by atoms with Crippen molar-refractivity contribution in [1.29, 1.82) is 0 Å². The van der Waals surface area contributed by atoms with Gasteiger partial charge in [0.2, 0.25) is 5.91 Å². The molecule has 2 aliphatic rings. The Hall–Kier alpha value is -1.39. The van der Waals surface area contributed by atoms with Crippen LogP contribution in [0, 0.1) is 6.92 Å². The van der Waals surface area contributed by atoms with Crippen LogP contribution >= 0.6 is 23.1 Å². The smallest absolute Gasteiger partial charge is 0.252 e. The third-order valence-corrected chi connectivity index (χ3v) is 10.5. The van der Waals surface area contributed by atoms with E-state index in [1.807, 2.05) is 23.9 Å². The Bertz CT molecular complexity index is 1040. The quantitative estimate of drug-likeness (QED) is 0.632. The molecule has 2 fully saturated rings. The predicted octanol–water partition coefficient (Wildman–Crippen LogP) is 3.96. The number of sulfonamides is 1. The van der Waals surface area contributed by atoms with Crippen LogP contribution in [-0.2, 0) is 27.8 Å². The van der Waals surface area contributed by atoms with Crippen LogP contribution in [0.25, 0.3) is 0 Å². The molecule has 1 aromatic heterocycles. The fourth-order valence-corrected chi connectivity index (χ4v) is 8.17. The van der Waals surface area contributed by atoms with Gasteiger partial charge in [0.05, 0.1) is 6.42 Å². The van der Waals surface area contributed by atoms with Gasteiger partial charge in [-0.1, -0.05) is 18.6 Å². The molecule has 9 heteroatoms. The molecule has 2 saturated heterocycles. The van der Waals surface area contributed by atoms with Gasteiger partial charge in [0.15, 0.2) is 0 Å². The van der Waals surface area contributed by atoms with Gasteiger partial charge in [-0.2, -0.15) is 16.1 Å². The van der Waals surface area contributed by atoms with Crippen LogP contribution in [0.3, 0.4) is 0 Å². The number of piperidine rings is 1. The van der Waals surface area contributed by atoms with E-state index in [0.717, 1.165) is 55.0 Å². The highest BCUT2D eigenvalue weighted by Gasteiger charge is 2.27. The maximum absolute atomic E-state index is 12.9. The van der Waals surface area contributed by atoms with Gasteiger partial charge >= 0.3 is 0 Å². The largest absolute Gasteiger partial charge is 0.326 e. The molecular weight excluding hydrogens is 462 g/mol. The van der Waals surface area contributed by atoms with Crippen LogP contribution in [-0.4, -0.2) is 61.2 Å². The van der Waals surface area contributed by atoms with E-state index in [1.165, 1.54) is 28.4 Å². The van der Waals surface area contributed by atoms with Crippen molar-refractivity contribution in [3.8, 4) is 0 Å². The van der Waals surface area contributed by atoms with Crippen molar-refractivity contribution >= 4 is 44.7 Å². The number of carbonyl (C=O) groups excluding carboxylic acids is 1. The molecule has 0 spiro atoms. The van der Waals surface area contributed by atoms with E-state index in [9.17, 15) is 13.2 Å². The first-order valence-electron chi connectivity index (χ1n) is 11.2. The van der Waals surface area contributed by atoms with Crippen molar-refractivity contribution < 1.29 is 13.2 Å². The Kier molecular flexibility index (Phi) is 7.94. The first-order valence-corrected chi connectivity index (χ1v) is 14.6. The minimum absolute atomic E-state index is 0.122. The van der Waals surface area contributed by atoms with Crippen molar-refractivity contribution in [2.24, 2.45) is 0 Å². The highest BCUT2D eigenvalue weighted by Crippen LogP contribution is 2.28. The van der Waals surface area contributed by atoms with Gasteiger partial charge in [-0.25, -0.2) is 8.42 Å². The number of benzene rings is 1. The lowest BCUT2D eigenvalue weighted by Gasteiger charge is -2.27. The minimum atomic E-state index is -3.45. The number of anilines is 1. The molecule has 0 bridgehead atoms. The lowest BCUT2D eigenvalue weighted by atomic mass is 10.1. The normalized spacial score (nSPS) is 18.5. The van der Waals surface area contributed by atoms with Crippen LogP contribution < -0.4 is 5.32 Å². The maximum Gasteiger partial charge on any atom is 0.252 e. The van der Waals surface area contributed by atoms with E-state index in [2.05, 4.69) is 23.2 Å². The molecule has 3 heterocycles. The molecule has 32 heavy (non-hydrogen) atoms. The number of thiophene rings is 1. The van der Waals surface area contributed by atoms with Gasteiger partial charge in [0.25, 0.3) is 10.0 Å². The molecule has 4 rings (SSSR count). The fraction of sp³-hybridized carbons (Fsp3) is 0.522. The summed E-state index contributed by atoms with van der Waals surface area (Å²) in [5.41, 5.74) is 3.16. The molecule has 0 radical (unpaired) electrons. The summed E-state index contributed by atoms with van der Waals surface area (Å²) in [6.45, 7) is 6.32. The Balaban J connectivity index is 1.38. The highest BCUT2D eigenvalue weighted by atomic mass is 32.2. The zero-order valence-corrected chi connectivity index (χ0v) is 21.0. The fourth-order valence-electron chi connectivity index (χ4n) is 4.17. The van der Waals surface area contributed by atoms with E-state index in [-0.39, 0.29) is 12.3 Å². The zero-order chi connectivity index (χ0) is 22.6. The summed E-state index contributed by atoms with van der Waals surface area (Å²) in [6.07, 6.45) is 3.08. The van der Waals surface area contributed by atoms with Gasteiger partial charge in [-0.3, -0.25) is 9.69 Å². The molecule has 174 valence electrons. The average Bonchev–Trinajstić information content (AvgIpc) is 3.27. The lowest BCUT2D eigenvalue weighted by molar-refractivity contribution is -0.115. The molecule has 0 aliphatic carbocycles. The monoisotopic (exact) mass is 493 g/mol. The van der Waals surface area contributed by atoms with Crippen molar-refractivity contribution in [3.05, 3.63) is 46.3 Å². The molecule has 0 unspecified atom stereocenters. The second-order valence-electron chi connectivity index (χ2n) is 8.39. The summed E-state index contributed by atoms with van der Waals surface area (Å²) in [5.74, 6) is 2.22. The summed E-state index contributed by atoms with van der Waals surface area (Å²) < 4.78 is 27.6. The molecule has 2 aliphatic heterocycles. The Morgan fingerprint density at radius 3 is 2.53 bits per heavy atom. The van der Waals surface area contributed by atoms with Crippen molar-refractivity contribution in [2.45, 2.75) is 43.4 Å². The van der Waals surface area contributed by atoms with E-state index in [0.29, 0.717) is 17.3 Å². The Morgan fingerprint density at radius 2 is 1.78 bits per heavy atom. The number of hydrogen-bond acceptors (Lipinski definition) is 6. The van der Waals surface area contributed by atoms with Crippen LogP contribution in [0.4, 0.5) is 5.69 Å². The zero-order valence-electron chi connectivity index (χ0n) is 18.5. The second-order valence-corrected chi connectivity index (χ2v) is 12.9. The number of thioether (sulfide) groups is 1. The maximum atomic E-state index is 12.9. The first-order chi connectivity index (χ1) is 15.4. The first kappa shape index (κ1) is 23.8. The van der Waals surface area contributed by atoms with Crippen LogP contribution in [0.1, 0.15) is 35.3 Å². The molecule has 1 aromatic carbocycles. The molecular formula is C23H31N3O3S3. The van der Waals surface area contributed by atoms with E-state index in [4.69, 9.17) is 0 Å². The summed E-state index contributed by atoms with van der Waals surface area (Å²) in [7, 11) is -3.45. The molecule has 0 atom stereocenters. The van der Waals surface area contributed by atoms with Gasteiger partial charge in [0, 0.05) is 54.8 Å². The molecule has 1 N–H and O–H groups in total. The number of carbonyl (C=O) groups is 1. The summed E-state index contributed by atoms with van der Waals surface area (Å²) in [5, 5.41) is 3.03. The van der Waals surface area contributed by atoms with Crippen LogP contribution in [0.15, 0.2) is 34.5 Å². The van der Waals surface area contributed by atoms with Gasteiger partial charge in [-0.05, 0) is 49.1 Å². The van der Waals surface area contributed by atoms with Crippen molar-refractivity contribution in [3.63, 3.8) is 0 Å².